The van der Waals surface area contributed by atoms with Gasteiger partial charge in [-0.15, -0.1) is 0 Å². The van der Waals surface area contributed by atoms with E-state index in [-0.39, 0.29) is 5.56 Å². The first-order valence-electron chi connectivity index (χ1n) is 7.45. The van der Waals surface area contributed by atoms with Crippen LogP contribution in [0.25, 0.3) is 0 Å². The molecule has 1 fully saturated rings. The minimum atomic E-state index is -4.92. The maximum Gasteiger partial charge on any atom is 0.417 e. The maximum atomic E-state index is 13.3. The molecule has 0 spiro atoms. The number of nitriles is 2. The predicted octanol–water partition coefficient (Wildman–Crippen LogP) is 2.07. The van der Waals surface area contributed by atoms with Gasteiger partial charge in [-0.3, -0.25) is 9.59 Å². The number of benzene rings is 1. The van der Waals surface area contributed by atoms with Gasteiger partial charge in [-0.1, -0.05) is 0 Å². The minimum Gasteiger partial charge on any atom is -0.343 e. The van der Waals surface area contributed by atoms with Crippen molar-refractivity contribution in [3.63, 3.8) is 0 Å². The van der Waals surface area contributed by atoms with Gasteiger partial charge in [-0.05, 0) is 18.2 Å². The Labute approximate surface area is 149 Å². The molecule has 1 aliphatic rings. The van der Waals surface area contributed by atoms with Gasteiger partial charge in [0.05, 0.1) is 41.9 Å². The van der Waals surface area contributed by atoms with Gasteiger partial charge in [-0.2, -0.15) is 23.7 Å². The highest BCUT2D eigenvalue weighted by atomic mass is 19.4. The highest BCUT2D eigenvalue weighted by Crippen LogP contribution is 2.33. The fourth-order valence-electron chi connectivity index (χ4n) is 2.59. The quantitative estimate of drug-likeness (QED) is 0.805. The Bertz CT molecular complexity index is 854. The van der Waals surface area contributed by atoms with Crippen LogP contribution in [-0.4, -0.2) is 41.8 Å². The summed E-state index contributed by atoms with van der Waals surface area (Å²) >= 11 is 0. The van der Waals surface area contributed by atoms with Crippen LogP contribution in [0.15, 0.2) is 18.2 Å². The third-order valence-corrected chi connectivity index (χ3v) is 3.84. The number of nitrogens with one attached hydrogen (secondary N) is 1. The first-order valence-corrected chi connectivity index (χ1v) is 7.45. The lowest BCUT2D eigenvalue weighted by Gasteiger charge is -2.19. The summed E-state index contributed by atoms with van der Waals surface area (Å²) in [4.78, 5) is 24.6. The number of hydrogen-bond donors (Lipinski definition) is 1. The molecule has 142 valence electrons. The molecule has 2 amide bonds. The van der Waals surface area contributed by atoms with Gasteiger partial charge in [0.2, 0.25) is 5.91 Å². The van der Waals surface area contributed by atoms with E-state index in [1.807, 2.05) is 5.32 Å². The van der Waals surface area contributed by atoms with Crippen LogP contribution in [0.5, 0.6) is 0 Å². The molecule has 1 atom stereocenters. The molecule has 0 saturated carbocycles. The van der Waals surface area contributed by atoms with Crippen molar-refractivity contribution in [2.45, 2.75) is 24.6 Å². The summed E-state index contributed by atoms with van der Waals surface area (Å²) in [6, 6.07) is 3.95. The van der Waals surface area contributed by atoms with E-state index < -0.39 is 60.6 Å². The van der Waals surface area contributed by atoms with Gasteiger partial charge in [0.1, 0.15) is 6.04 Å². The van der Waals surface area contributed by atoms with Crippen molar-refractivity contribution in [1.29, 1.82) is 10.5 Å². The second kappa shape index (κ2) is 7.19. The smallest absolute Gasteiger partial charge is 0.343 e. The Morgan fingerprint density at radius 2 is 1.96 bits per heavy atom. The zero-order valence-electron chi connectivity index (χ0n) is 13.5. The van der Waals surface area contributed by atoms with Crippen LogP contribution in [-0.2, 0) is 11.0 Å². The van der Waals surface area contributed by atoms with E-state index in [1.54, 1.807) is 6.07 Å². The first-order chi connectivity index (χ1) is 12.5. The van der Waals surface area contributed by atoms with Gasteiger partial charge in [-0.25, -0.2) is 8.78 Å². The molecule has 6 nitrogen and oxygen atoms in total. The summed E-state index contributed by atoms with van der Waals surface area (Å²) in [6.45, 7) is -1.87. The lowest BCUT2D eigenvalue weighted by atomic mass is 10.0. The van der Waals surface area contributed by atoms with Crippen molar-refractivity contribution in [2.24, 2.45) is 0 Å². The van der Waals surface area contributed by atoms with E-state index >= 15 is 0 Å². The molecule has 0 unspecified atom stereocenters. The molecule has 0 aromatic heterocycles. The van der Waals surface area contributed by atoms with Crippen molar-refractivity contribution in [3.8, 4) is 12.1 Å². The third-order valence-electron chi connectivity index (χ3n) is 3.84. The Hall–Kier alpha value is -3.21. The monoisotopic (exact) mass is 386 g/mol. The second-order valence-electron chi connectivity index (χ2n) is 5.78. The van der Waals surface area contributed by atoms with Gasteiger partial charge in [0.25, 0.3) is 11.8 Å². The van der Waals surface area contributed by atoms with Crippen LogP contribution in [0.3, 0.4) is 0 Å². The molecule has 27 heavy (non-hydrogen) atoms. The molecule has 0 radical (unpaired) electrons. The number of halogens is 5. The predicted molar refractivity (Wildman–Crippen MR) is 79.2 cm³/mol. The third kappa shape index (κ3) is 4.50. The van der Waals surface area contributed by atoms with Crippen LogP contribution in [0.4, 0.5) is 22.0 Å². The summed E-state index contributed by atoms with van der Waals surface area (Å²) in [5.41, 5.74) is -2.50. The molecular weight excluding hydrogens is 375 g/mol. The second-order valence-corrected chi connectivity index (χ2v) is 5.78. The van der Waals surface area contributed by atoms with E-state index in [0.717, 1.165) is 12.1 Å². The van der Waals surface area contributed by atoms with Gasteiger partial charge < -0.3 is 10.2 Å². The summed E-state index contributed by atoms with van der Waals surface area (Å²) in [5.74, 6) is -5.54. The molecule has 0 aliphatic carbocycles. The summed E-state index contributed by atoms with van der Waals surface area (Å²) in [5, 5.41) is 19.5. The largest absolute Gasteiger partial charge is 0.417 e. The fourth-order valence-corrected chi connectivity index (χ4v) is 2.59. The van der Waals surface area contributed by atoms with Crippen molar-refractivity contribution in [1.82, 2.24) is 10.2 Å². The topological polar surface area (TPSA) is 97.0 Å². The molecule has 0 bridgehead atoms. The SMILES string of the molecule is N#Cc1ccc(C(=O)NCC(=O)N2CC(F)(F)C[C@H]2C#N)c(C(F)(F)F)c1. The first kappa shape index (κ1) is 20.1. The van der Waals surface area contributed by atoms with Crippen molar-refractivity contribution in [2.75, 3.05) is 13.1 Å². The molecule has 1 aromatic rings. The van der Waals surface area contributed by atoms with E-state index in [9.17, 15) is 31.5 Å². The molecule has 11 heteroatoms. The zero-order valence-corrected chi connectivity index (χ0v) is 13.5. The van der Waals surface area contributed by atoms with Gasteiger partial charge >= 0.3 is 6.18 Å². The number of nitrogens with zero attached hydrogens (tertiary/aromatic N) is 3. The van der Waals surface area contributed by atoms with E-state index in [2.05, 4.69) is 0 Å². The normalized spacial score (nSPS) is 18.5. The van der Waals surface area contributed by atoms with Crippen LogP contribution < -0.4 is 5.32 Å². The number of hydrogen-bond acceptors (Lipinski definition) is 4. The summed E-state index contributed by atoms with van der Waals surface area (Å²) in [6.07, 6.45) is -5.77. The Morgan fingerprint density at radius 1 is 1.30 bits per heavy atom. The molecule has 1 N–H and O–H groups in total. The highest BCUT2D eigenvalue weighted by molar-refractivity contribution is 5.98. The number of amides is 2. The van der Waals surface area contributed by atoms with E-state index in [0.29, 0.717) is 11.0 Å². The van der Waals surface area contributed by atoms with Crippen molar-refractivity contribution < 1.29 is 31.5 Å². The molecule has 1 heterocycles. The summed E-state index contributed by atoms with van der Waals surface area (Å²) in [7, 11) is 0. The van der Waals surface area contributed by atoms with Gasteiger partial charge in [0.15, 0.2) is 0 Å². The van der Waals surface area contributed by atoms with Crippen molar-refractivity contribution >= 4 is 11.8 Å². The Balaban J connectivity index is 2.14. The summed E-state index contributed by atoms with van der Waals surface area (Å²) < 4.78 is 65.9. The minimum absolute atomic E-state index is 0.314. The standard InChI is InChI=1S/C16H11F5N4O2/c17-15(18)4-10(6-23)25(8-15)13(26)7-24-14(27)11-2-1-9(5-22)3-12(11)16(19,20)21/h1-3,10H,4,7-8H2,(H,24,27)/t10-/m0/s1. The molecule has 1 aromatic carbocycles. The maximum absolute atomic E-state index is 13.3. The van der Waals surface area contributed by atoms with Crippen LogP contribution in [0, 0.1) is 22.7 Å². The average Bonchev–Trinajstić information content (AvgIpc) is 2.93. The van der Waals surface area contributed by atoms with E-state index in [1.165, 1.54) is 6.07 Å². The van der Waals surface area contributed by atoms with Crippen LogP contribution in [0.2, 0.25) is 0 Å². The highest BCUT2D eigenvalue weighted by Gasteiger charge is 2.47. The molecule has 1 aliphatic heterocycles. The lowest BCUT2D eigenvalue weighted by molar-refractivity contribution is -0.138. The average molecular weight is 386 g/mol. The Morgan fingerprint density at radius 3 is 2.52 bits per heavy atom. The number of alkyl halides is 5. The molecule has 1 saturated heterocycles. The number of carbonyl (C=O) groups is 2. The van der Waals surface area contributed by atoms with Crippen molar-refractivity contribution in [3.05, 3.63) is 34.9 Å². The molecule has 2 rings (SSSR count). The zero-order chi connectivity index (χ0) is 20.4. The number of rotatable bonds is 3. The van der Waals surface area contributed by atoms with E-state index in [4.69, 9.17) is 10.5 Å². The number of likely N-dealkylation sites (tertiary alicyclic amines) is 1. The molecular formula is C16H11F5N4O2. The van der Waals surface area contributed by atoms with Crippen LogP contribution >= 0.6 is 0 Å². The Kier molecular flexibility index (Phi) is 5.36. The van der Waals surface area contributed by atoms with Crippen LogP contribution in [0.1, 0.15) is 27.9 Å². The lowest BCUT2D eigenvalue weighted by Crippen LogP contribution is -2.43. The number of carbonyl (C=O) groups excluding carboxylic acids is 2. The van der Waals surface area contributed by atoms with Gasteiger partial charge in [0, 0.05) is 6.42 Å². The fraction of sp³-hybridized carbons (Fsp3) is 0.375.